The van der Waals surface area contributed by atoms with Gasteiger partial charge in [-0.05, 0) is 47.7 Å². The Morgan fingerprint density at radius 3 is 1.96 bits per heavy atom. The van der Waals surface area contributed by atoms with Gasteiger partial charge in [-0.2, -0.15) is 30.7 Å². The molecule has 2 rings (SSSR count). The number of anilines is 1. The Hall–Kier alpha value is -2.49. The normalized spacial score (nSPS) is 13.0. The third kappa shape index (κ3) is 5.28. The van der Waals surface area contributed by atoms with Crippen molar-refractivity contribution >= 4 is 29.4 Å². The van der Waals surface area contributed by atoms with Gasteiger partial charge in [-0.15, -0.1) is 0 Å². The number of rotatable bonds is 6. The molecule has 0 radical (unpaired) electrons. The summed E-state index contributed by atoms with van der Waals surface area (Å²) >= 11 is -0.915. The van der Waals surface area contributed by atoms with Crippen molar-refractivity contribution in [3.8, 4) is 0 Å². The molecule has 28 heavy (non-hydrogen) atoms. The van der Waals surface area contributed by atoms with E-state index in [0.29, 0.717) is 0 Å². The highest BCUT2D eigenvalue weighted by Gasteiger charge is 2.73. The van der Waals surface area contributed by atoms with E-state index in [4.69, 9.17) is 0 Å². The summed E-state index contributed by atoms with van der Waals surface area (Å²) in [6, 6.07) is 12.9. The molecule has 2 aromatic carbocycles. The van der Waals surface area contributed by atoms with Crippen LogP contribution in [0.2, 0.25) is 0 Å². The molecule has 0 bridgehead atoms. The lowest BCUT2D eigenvalue weighted by Gasteiger charge is -2.27. The Balaban J connectivity index is 2.01. The van der Waals surface area contributed by atoms with E-state index in [1.807, 2.05) is 0 Å². The van der Waals surface area contributed by atoms with E-state index >= 15 is 0 Å². The number of hydrogen-bond donors (Lipinski definition) is 1. The van der Waals surface area contributed by atoms with Gasteiger partial charge in [0.15, 0.2) is 0 Å². The summed E-state index contributed by atoms with van der Waals surface area (Å²) in [6.45, 7) is 0. The third-order valence-corrected chi connectivity index (χ3v) is 4.34. The van der Waals surface area contributed by atoms with Crippen LogP contribution in [-0.2, 0) is 4.79 Å². The van der Waals surface area contributed by atoms with Crippen LogP contribution in [0.4, 0.5) is 36.4 Å². The molecule has 0 unspecified atom stereocenters. The second-order valence-corrected chi connectivity index (χ2v) is 6.64. The standard InChI is InChI=1S/C18H12F7NOS/c19-16(20,17(21,22)23)18(24,25)28-14-9-7-13(8-10-14)26-15(27)11-6-12-4-2-1-3-5-12/h1-11H,(H,26,27)/b11-6+. The molecular weight excluding hydrogens is 411 g/mol. The minimum Gasteiger partial charge on any atom is -0.323 e. The lowest BCUT2D eigenvalue weighted by atomic mass is 10.2. The molecule has 1 N–H and O–H groups in total. The predicted molar refractivity (Wildman–Crippen MR) is 92.4 cm³/mol. The first-order valence-electron chi connectivity index (χ1n) is 7.58. The fourth-order valence-corrected chi connectivity index (χ4v) is 2.72. The SMILES string of the molecule is O=C(/C=C/c1ccccc1)Nc1ccc(SC(F)(F)C(F)(F)C(F)(F)F)cc1. The summed E-state index contributed by atoms with van der Waals surface area (Å²) in [5.74, 6) is -6.74. The van der Waals surface area contributed by atoms with E-state index in [-0.39, 0.29) is 5.69 Å². The maximum absolute atomic E-state index is 13.4. The summed E-state index contributed by atoms with van der Waals surface area (Å²) in [4.78, 5) is 11.3. The van der Waals surface area contributed by atoms with Gasteiger partial charge >= 0.3 is 17.4 Å². The minimum absolute atomic E-state index is 0.151. The zero-order valence-corrected chi connectivity index (χ0v) is 14.6. The second-order valence-electron chi connectivity index (χ2n) is 5.45. The Morgan fingerprint density at radius 2 is 1.43 bits per heavy atom. The third-order valence-electron chi connectivity index (χ3n) is 3.32. The molecule has 1 amide bonds. The first-order chi connectivity index (χ1) is 12.9. The molecule has 0 fully saturated rings. The van der Waals surface area contributed by atoms with Crippen LogP contribution in [0.3, 0.4) is 0 Å². The zero-order valence-electron chi connectivity index (χ0n) is 13.8. The largest absolute Gasteiger partial charge is 0.460 e. The number of nitrogens with one attached hydrogen (secondary N) is 1. The van der Waals surface area contributed by atoms with Crippen LogP contribution in [-0.4, -0.2) is 23.3 Å². The van der Waals surface area contributed by atoms with Crippen molar-refractivity contribution in [2.24, 2.45) is 0 Å². The molecule has 0 saturated carbocycles. The average molecular weight is 423 g/mol. The Bertz CT molecular complexity index is 833. The smallest absolute Gasteiger partial charge is 0.323 e. The molecule has 0 aliphatic rings. The summed E-state index contributed by atoms with van der Waals surface area (Å²) in [6.07, 6.45) is -3.64. The molecule has 0 aliphatic heterocycles. The molecule has 0 aromatic heterocycles. The number of alkyl halides is 7. The van der Waals surface area contributed by atoms with Crippen molar-refractivity contribution in [1.29, 1.82) is 0 Å². The van der Waals surface area contributed by atoms with Crippen LogP contribution in [0.5, 0.6) is 0 Å². The highest BCUT2D eigenvalue weighted by Crippen LogP contribution is 2.53. The molecule has 0 saturated heterocycles. The monoisotopic (exact) mass is 423 g/mol. The van der Waals surface area contributed by atoms with Crippen molar-refractivity contribution in [2.75, 3.05) is 5.32 Å². The van der Waals surface area contributed by atoms with Crippen molar-refractivity contribution in [1.82, 2.24) is 0 Å². The molecule has 2 aromatic rings. The van der Waals surface area contributed by atoms with Crippen LogP contribution in [0.1, 0.15) is 5.56 Å². The number of carbonyl (C=O) groups excluding carboxylic acids is 1. The molecule has 0 atom stereocenters. The Kier molecular flexibility index (Phi) is 6.43. The molecule has 0 heterocycles. The maximum Gasteiger partial charge on any atom is 0.460 e. The van der Waals surface area contributed by atoms with Gasteiger partial charge in [0.25, 0.3) is 0 Å². The number of thioether (sulfide) groups is 1. The summed E-state index contributed by atoms with van der Waals surface area (Å²) < 4.78 is 89.0. The van der Waals surface area contributed by atoms with Gasteiger partial charge in [-0.1, -0.05) is 30.3 Å². The number of halogens is 7. The highest BCUT2D eigenvalue weighted by molar-refractivity contribution is 8.00. The van der Waals surface area contributed by atoms with Crippen LogP contribution < -0.4 is 5.32 Å². The lowest BCUT2D eigenvalue weighted by Crippen LogP contribution is -2.49. The summed E-state index contributed by atoms with van der Waals surface area (Å²) in [5.41, 5.74) is 0.912. The van der Waals surface area contributed by atoms with Crippen LogP contribution >= 0.6 is 11.8 Å². The molecule has 2 nitrogen and oxygen atoms in total. The number of hydrogen-bond acceptors (Lipinski definition) is 2. The number of benzene rings is 2. The predicted octanol–water partition coefficient (Wildman–Crippen LogP) is 6.22. The fourth-order valence-electron chi connectivity index (χ4n) is 1.90. The molecule has 150 valence electrons. The van der Waals surface area contributed by atoms with Crippen LogP contribution in [0, 0.1) is 0 Å². The van der Waals surface area contributed by atoms with E-state index < -0.39 is 39.9 Å². The summed E-state index contributed by atoms with van der Waals surface area (Å²) in [7, 11) is 0. The Morgan fingerprint density at radius 1 is 0.857 bits per heavy atom. The van der Waals surface area contributed by atoms with Crippen molar-refractivity contribution in [3.63, 3.8) is 0 Å². The van der Waals surface area contributed by atoms with E-state index in [1.165, 1.54) is 12.2 Å². The van der Waals surface area contributed by atoms with E-state index in [9.17, 15) is 35.5 Å². The zero-order chi connectivity index (χ0) is 21.0. The van der Waals surface area contributed by atoms with Gasteiger partial charge in [0, 0.05) is 16.7 Å². The molecule has 0 aliphatic carbocycles. The van der Waals surface area contributed by atoms with Crippen molar-refractivity contribution < 1.29 is 35.5 Å². The molecular formula is C18H12F7NOS. The minimum atomic E-state index is -6.39. The topological polar surface area (TPSA) is 29.1 Å². The average Bonchev–Trinajstić information content (AvgIpc) is 2.61. The summed E-state index contributed by atoms with van der Waals surface area (Å²) in [5, 5.41) is -2.99. The molecule has 0 spiro atoms. The van der Waals surface area contributed by atoms with E-state index in [2.05, 4.69) is 5.32 Å². The highest BCUT2D eigenvalue weighted by atomic mass is 32.2. The first kappa shape index (κ1) is 21.8. The molecule has 10 heteroatoms. The van der Waals surface area contributed by atoms with Gasteiger partial charge < -0.3 is 5.32 Å². The van der Waals surface area contributed by atoms with Gasteiger partial charge in [0.1, 0.15) is 0 Å². The Labute approximate surface area is 159 Å². The second kappa shape index (κ2) is 8.26. The van der Waals surface area contributed by atoms with Gasteiger partial charge in [-0.3, -0.25) is 4.79 Å². The number of carbonyl (C=O) groups is 1. The number of amides is 1. The van der Waals surface area contributed by atoms with Gasteiger partial charge in [0.2, 0.25) is 5.91 Å². The van der Waals surface area contributed by atoms with Gasteiger partial charge in [-0.25, -0.2) is 0 Å². The van der Waals surface area contributed by atoms with Crippen molar-refractivity contribution in [2.45, 2.75) is 22.2 Å². The van der Waals surface area contributed by atoms with E-state index in [0.717, 1.165) is 29.8 Å². The van der Waals surface area contributed by atoms with E-state index in [1.54, 1.807) is 30.3 Å². The van der Waals surface area contributed by atoms with Crippen molar-refractivity contribution in [3.05, 3.63) is 66.2 Å². The lowest BCUT2D eigenvalue weighted by molar-refractivity contribution is -0.330. The van der Waals surface area contributed by atoms with Crippen LogP contribution in [0.25, 0.3) is 6.08 Å². The quantitative estimate of drug-likeness (QED) is 0.340. The maximum atomic E-state index is 13.4. The fraction of sp³-hybridized carbons (Fsp3) is 0.167. The first-order valence-corrected chi connectivity index (χ1v) is 8.39. The van der Waals surface area contributed by atoms with Crippen LogP contribution in [0.15, 0.2) is 65.6 Å². The van der Waals surface area contributed by atoms with Gasteiger partial charge in [0.05, 0.1) is 0 Å².